The monoisotopic (exact) mass is 553 g/mol. The van der Waals surface area contributed by atoms with Gasteiger partial charge in [0.05, 0.1) is 16.0 Å². The lowest BCUT2D eigenvalue weighted by molar-refractivity contribution is -0.113. The summed E-state index contributed by atoms with van der Waals surface area (Å²) in [5.74, 6) is 0.878. The zero-order valence-corrected chi connectivity index (χ0v) is 24.2. The van der Waals surface area contributed by atoms with Crippen molar-refractivity contribution in [2.75, 3.05) is 11.1 Å². The number of thioether (sulfide) groups is 1. The fourth-order valence-electron chi connectivity index (χ4n) is 4.20. The molecule has 5 aromatic rings. The second-order valence-corrected chi connectivity index (χ2v) is 12.4. The molecule has 3 aromatic carbocycles. The van der Waals surface area contributed by atoms with Crippen molar-refractivity contribution in [3.05, 3.63) is 90.5 Å². The zero-order valence-electron chi connectivity index (χ0n) is 22.6. The third-order valence-electron chi connectivity index (χ3n) is 6.33. The fourth-order valence-corrected chi connectivity index (χ4v) is 6.02. The second-order valence-electron chi connectivity index (χ2n) is 10.4. The van der Waals surface area contributed by atoms with Gasteiger partial charge in [-0.15, -0.1) is 28.1 Å². The van der Waals surface area contributed by atoms with Crippen LogP contribution in [0.15, 0.2) is 84.5 Å². The Kier molecular flexibility index (Phi) is 7.68. The third-order valence-corrected chi connectivity index (χ3v) is 8.36. The van der Waals surface area contributed by atoms with Crippen molar-refractivity contribution in [2.45, 2.75) is 44.8 Å². The Morgan fingerprint density at radius 2 is 1.74 bits per heavy atom. The van der Waals surface area contributed by atoms with E-state index >= 15 is 0 Å². The number of benzene rings is 3. The molecule has 0 spiro atoms. The summed E-state index contributed by atoms with van der Waals surface area (Å²) in [5, 5.41) is 13.4. The van der Waals surface area contributed by atoms with Crippen molar-refractivity contribution < 1.29 is 4.79 Å². The molecule has 0 radical (unpaired) electrons. The van der Waals surface area contributed by atoms with Crippen molar-refractivity contribution in [3.8, 4) is 22.0 Å². The molecular formula is C31H31N5OS2. The van der Waals surface area contributed by atoms with Gasteiger partial charge in [0.1, 0.15) is 5.01 Å². The van der Waals surface area contributed by atoms with E-state index in [-0.39, 0.29) is 17.1 Å². The number of fused-ring (bicyclic) bond motifs is 1. The number of hydrogen-bond donors (Lipinski definition) is 1. The molecule has 0 aliphatic rings. The Morgan fingerprint density at radius 1 is 1.03 bits per heavy atom. The molecule has 39 heavy (non-hydrogen) atoms. The van der Waals surface area contributed by atoms with Gasteiger partial charge < -0.3 is 5.32 Å². The molecular weight excluding hydrogens is 523 g/mol. The molecule has 0 unspecified atom stereocenters. The number of aromatic nitrogens is 4. The normalized spacial score (nSPS) is 11.6. The Balaban J connectivity index is 1.23. The van der Waals surface area contributed by atoms with E-state index in [1.54, 1.807) is 11.3 Å². The molecule has 0 aliphatic heterocycles. The van der Waals surface area contributed by atoms with Crippen molar-refractivity contribution in [3.63, 3.8) is 0 Å². The van der Waals surface area contributed by atoms with Gasteiger partial charge in [-0.2, -0.15) is 0 Å². The summed E-state index contributed by atoms with van der Waals surface area (Å²) in [6.45, 7) is 13.1. The Hall–Kier alpha value is -3.75. The number of rotatable bonds is 8. The number of carbonyl (C=O) groups excluding carboxylic acids is 1. The summed E-state index contributed by atoms with van der Waals surface area (Å²) < 4.78 is 3.17. The lowest BCUT2D eigenvalue weighted by Crippen LogP contribution is -2.14. The lowest BCUT2D eigenvalue weighted by Gasteiger charge is -2.19. The van der Waals surface area contributed by atoms with Gasteiger partial charge in [0, 0.05) is 23.4 Å². The maximum Gasteiger partial charge on any atom is 0.234 e. The average Bonchev–Trinajstić information content (AvgIpc) is 3.51. The van der Waals surface area contributed by atoms with Crippen LogP contribution in [-0.4, -0.2) is 31.4 Å². The van der Waals surface area contributed by atoms with E-state index in [1.165, 1.54) is 27.6 Å². The van der Waals surface area contributed by atoms with Crippen LogP contribution in [0.1, 0.15) is 31.9 Å². The van der Waals surface area contributed by atoms with Crippen LogP contribution < -0.4 is 5.32 Å². The van der Waals surface area contributed by atoms with Crippen LogP contribution in [0.5, 0.6) is 0 Å². The largest absolute Gasteiger partial charge is 0.325 e. The standard InChI is InChI=1S/C31H31N5OS2/c1-6-17-36-28(21-8-12-23(13-9-21)31(3,4)5)34-35-30(36)38-19-27(37)32-24-14-10-22(11-15-24)29-33-25-16-7-20(2)18-26(25)39-29/h6-16,18H,1,17,19H2,2-5H3,(H,32,37). The first kappa shape index (κ1) is 26.8. The molecule has 0 atom stereocenters. The first-order valence-corrected chi connectivity index (χ1v) is 14.6. The highest BCUT2D eigenvalue weighted by Gasteiger charge is 2.17. The fraction of sp³-hybridized carbons (Fsp3) is 0.226. The molecule has 0 aliphatic carbocycles. The van der Waals surface area contributed by atoms with Crippen LogP contribution in [0.3, 0.4) is 0 Å². The molecule has 2 heterocycles. The van der Waals surface area contributed by atoms with Gasteiger partial charge in [-0.05, 0) is 59.9 Å². The SMILES string of the molecule is C=CCn1c(SCC(=O)Nc2ccc(-c3nc4ccc(C)cc4s3)cc2)nnc1-c1ccc(C(C)(C)C)cc1. The van der Waals surface area contributed by atoms with Crippen LogP contribution >= 0.6 is 23.1 Å². The maximum absolute atomic E-state index is 12.7. The van der Waals surface area contributed by atoms with Crippen LogP contribution in [0.4, 0.5) is 5.69 Å². The molecule has 8 heteroatoms. The molecule has 0 fully saturated rings. The quantitative estimate of drug-likeness (QED) is 0.157. The van der Waals surface area contributed by atoms with E-state index in [0.29, 0.717) is 11.7 Å². The minimum Gasteiger partial charge on any atom is -0.325 e. The number of allylic oxidation sites excluding steroid dienone is 1. The zero-order chi connectivity index (χ0) is 27.6. The van der Waals surface area contributed by atoms with Crippen LogP contribution in [0.2, 0.25) is 0 Å². The molecule has 0 saturated heterocycles. The topological polar surface area (TPSA) is 72.7 Å². The van der Waals surface area contributed by atoms with E-state index in [0.717, 1.165) is 33.2 Å². The highest BCUT2D eigenvalue weighted by atomic mass is 32.2. The van der Waals surface area contributed by atoms with E-state index in [9.17, 15) is 4.79 Å². The van der Waals surface area contributed by atoms with Gasteiger partial charge in [0.25, 0.3) is 0 Å². The number of anilines is 1. The van der Waals surface area contributed by atoms with Gasteiger partial charge in [0.2, 0.25) is 5.91 Å². The Labute approximate surface area is 237 Å². The molecule has 6 nitrogen and oxygen atoms in total. The van der Waals surface area contributed by atoms with Gasteiger partial charge in [-0.1, -0.05) is 68.9 Å². The number of nitrogens with one attached hydrogen (secondary N) is 1. The Bertz CT molecular complexity index is 1630. The van der Waals surface area contributed by atoms with Gasteiger partial charge in [-0.25, -0.2) is 4.98 Å². The summed E-state index contributed by atoms with van der Waals surface area (Å²) >= 11 is 3.04. The predicted octanol–water partition coefficient (Wildman–Crippen LogP) is 7.74. The summed E-state index contributed by atoms with van der Waals surface area (Å²) in [5.41, 5.74) is 6.33. The molecule has 0 bridgehead atoms. The van der Waals surface area contributed by atoms with Crippen molar-refractivity contribution in [1.29, 1.82) is 0 Å². The molecule has 198 valence electrons. The van der Waals surface area contributed by atoms with E-state index in [2.05, 4.69) is 92.3 Å². The van der Waals surface area contributed by atoms with Crippen LogP contribution in [-0.2, 0) is 16.8 Å². The first-order chi connectivity index (χ1) is 18.7. The summed E-state index contributed by atoms with van der Waals surface area (Å²) in [6, 6.07) is 22.5. The van der Waals surface area contributed by atoms with Gasteiger partial charge in [0.15, 0.2) is 11.0 Å². The number of aryl methyl sites for hydroxylation is 1. The van der Waals surface area contributed by atoms with Gasteiger partial charge >= 0.3 is 0 Å². The summed E-state index contributed by atoms with van der Waals surface area (Å²) in [7, 11) is 0. The van der Waals surface area contributed by atoms with Crippen LogP contribution in [0.25, 0.3) is 32.2 Å². The smallest absolute Gasteiger partial charge is 0.234 e. The third kappa shape index (κ3) is 6.13. The van der Waals surface area contributed by atoms with Crippen molar-refractivity contribution >= 4 is 44.9 Å². The van der Waals surface area contributed by atoms with E-state index in [1.807, 2.05) is 34.9 Å². The minimum atomic E-state index is -0.104. The number of thiazole rings is 1. The summed E-state index contributed by atoms with van der Waals surface area (Å²) in [4.78, 5) is 17.5. The Morgan fingerprint density at radius 3 is 2.44 bits per heavy atom. The van der Waals surface area contributed by atoms with Crippen LogP contribution in [0, 0.1) is 6.92 Å². The average molecular weight is 554 g/mol. The van der Waals surface area contributed by atoms with Crippen molar-refractivity contribution in [2.24, 2.45) is 0 Å². The number of hydrogen-bond acceptors (Lipinski definition) is 6. The predicted molar refractivity (Wildman–Crippen MR) is 164 cm³/mol. The number of nitrogens with zero attached hydrogens (tertiary/aromatic N) is 4. The van der Waals surface area contributed by atoms with Crippen molar-refractivity contribution in [1.82, 2.24) is 19.7 Å². The molecule has 5 rings (SSSR count). The lowest BCUT2D eigenvalue weighted by atomic mass is 9.87. The molecule has 1 N–H and O–H groups in total. The maximum atomic E-state index is 12.7. The minimum absolute atomic E-state index is 0.0801. The van der Waals surface area contributed by atoms with Gasteiger partial charge in [-0.3, -0.25) is 9.36 Å². The number of amides is 1. The first-order valence-electron chi connectivity index (χ1n) is 12.8. The molecule has 0 saturated carbocycles. The summed E-state index contributed by atoms with van der Waals surface area (Å²) in [6.07, 6.45) is 1.81. The molecule has 1 amide bonds. The van der Waals surface area contributed by atoms with E-state index < -0.39 is 0 Å². The highest BCUT2D eigenvalue weighted by Crippen LogP contribution is 2.32. The molecule has 2 aromatic heterocycles. The second kappa shape index (κ2) is 11.2. The number of carbonyl (C=O) groups is 1. The highest BCUT2D eigenvalue weighted by molar-refractivity contribution is 7.99. The van der Waals surface area contributed by atoms with E-state index in [4.69, 9.17) is 4.98 Å².